The molecule has 1 unspecified atom stereocenters. The van der Waals surface area contributed by atoms with E-state index in [1.807, 2.05) is 0 Å². The van der Waals surface area contributed by atoms with Crippen molar-refractivity contribution in [2.24, 2.45) is 5.16 Å². The van der Waals surface area contributed by atoms with Crippen LogP contribution in [0.1, 0.15) is 12.0 Å². The highest BCUT2D eigenvalue weighted by atomic mass is 19.1. The van der Waals surface area contributed by atoms with Crippen LogP contribution in [0.15, 0.2) is 36.0 Å². The van der Waals surface area contributed by atoms with E-state index in [1.165, 1.54) is 18.2 Å². The van der Waals surface area contributed by atoms with E-state index in [1.54, 1.807) is 6.07 Å². The number of nitrogens with zero attached hydrogens (tertiary/aromatic N) is 1. The van der Waals surface area contributed by atoms with Crippen molar-refractivity contribution in [3.63, 3.8) is 0 Å². The highest BCUT2D eigenvalue weighted by Crippen LogP contribution is 2.21. The topological polar surface area (TPSA) is 70.9 Å². The molecule has 1 aliphatic rings. The predicted octanol–water partition coefficient (Wildman–Crippen LogP) is 1.33. The van der Waals surface area contributed by atoms with Gasteiger partial charge >= 0.3 is 0 Å². The van der Waals surface area contributed by atoms with Gasteiger partial charge in [-0.3, -0.25) is 4.79 Å². The maximum Gasteiger partial charge on any atom is 0.243 e. The molecule has 0 radical (unpaired) electrons. The number of benzene rings is 1. The summed E-state index contributed by atoms with van der Waals surface area (Å²) in [6, 6.07) is 4.02. The molecule has 5 nitrogen and oxygen atoms in total. The van der Waals surface area contributed by atoms with Crippen molar-refractivity contribution in [1.82, 2.24) is 5.32 Å². The van der Waals surface area contributed by atoms with Crippen LogP contribution in [0.25, 0.3) is 0 Å². The van der Waals surface area contributed by atoms with E-state index in [0.29, 0.717) is 24.2 Å². The summed E-state index contributed by atoms with van der Waals surface area (Å²) in [5.41, 5.74) is 1.13. The third-order valence-electron chi connectivity index (χ3n) is 2.70. The Hall–Kier alpha value is -2.37. The molecule has 0 spiro atoms. The molecule has 1 amide bonds. The van der Waals surface area contributed by atoms with Crippen molar-refractivity contribution in [3.8, 4) is 5.75 Å². The zero-order chi connectivity index (χ0) is 13.8. The van der Waals surface area contributed by atoms with E-state index < -0.39 is 11.6 Å². The number of nitrogens with one attached hydrogen (secondary N) is 1. The van der Waals surface area contributed by atoms with E-state index in [-0.39, 0.29) is 12.0 Å². The lowest BCUT2D eigenvalue weighted by molar-refractivity contribution is -0.117. The average molecular weight is 264 g/mol. The molecule has 0 fully saturated rings. The minimum absolute atomic E-state index is 0.282. The molecule has 100 valence electrons. The number of hydrogen-bond acceptors (Lipinski definition) is 4. The Morgan fingerprint density at radius 2 is 2.47 bits per heavy atom. The summed E-state index contributed by atoms with van der Waals surface area (Å²) in [6.45, 7) is 3.64. The SMILES string of the molecule is C=CC(=O)NCC1CC(c2ccc(O)c(F)c2)=NO1. The van der Waals surface area contributed by atoms with E-state index in [0.717, 1.165) is 0 Å². The third-order valence-corrected chi connectivity index (χ3v) is 2.70. The van der Waals surface area contributed by atoms with Gasteiger partial charge in [0.05, 0.1) is 12.3 Å². The second-order valence-corrected chi connectivity index (χ2v) is 4.08. The van der Waals surface area contributed by atoms with Crippen molar-refractivity contribution in [1.29, 1.82) is 0 Å². The number of halogens is 1. The number of phenolic OH excluding ortho intramolecular Hbond substituents is 1. The number of aromatic hydroxyl groups is 1. The number of phenols is 1. The number of rotatable bonds is 4. The molecule has 0 aromatic heterocycles. The van der Waals surface area contributed by atoms with Gasteiger partial charge in [-0.15, -0.1) is 0 Å². The fourth-order valence-corrected chi connectivity index (χ4v) is 1.68. The first-order chi connectivity index (χ1) is 9.10. The molecule has 0 bridgehead atoms. The highest BCUT2D eigenvalue weighted by Gasteiger charge is 2.23. The van der Waals surface area contributed by atoms with Crippen LogP contribution < -0.4 is 5.32 Å². The van der Waals surface area contributed by atoms with Crippen molar-refractivity contribution in [2.45, 2.75) is 12.5 Å². The van der Waals surface area contributed by atoms with E-state index in [4.69, 9.17) is 9.94 Å². The smallest absolute Gasteiger partial charge is 0.243 e. The van der Waals surface area contributed by atoms with Gasteiger partial charge in [-0.2, -0.15) is 0 Å². The van der Waals surface area contributed by atoms with Crippen molar-refractivity contribution in [3.05, 3.63) is 42.2 Å². The van der Waals surface area contributed by atoms with Gasteiger partial charge in [0.25, 0.3) is 0 Å². The number of hydrogen-bond donors (Lipinski definition) is 2. The maximum absolute atomic E-state index is 13.2. The summed E-state index contributed by atoms with van der Waals surface area (Å²) in [6.07, 6.45) is 1.35. The van der Waals surface area contributed by atoms with Gasteiger partial charge in [-0.1, -0.05) is 11.7 Å². The third kappa shape index (κ3) is 3.09. The fourth-order valence-electron chi connectivity index (χ4n) is 1.68. The fraction of sp³-hybridized carbons (Fsp3) is 0.231. The molecular formula is C13H13FN2O3. The first-order valence-corrected chi connectivity index (χ1v) is 5.72. The van der Waals surface area contributed by atoms with E-state index >= 15 is 0 Å². The molecule has 1 aromatic rings. The van der Waals surface area contributed by atoms with Gasteiger partial charge < -0.3 is 15.3 Å². The molecule has 2 rings (SSSR count). The highest BCUT2D eigenvalue weighted by molar-refractivity contribution is 6.01. The second-order valence-electron chi connectivity index (χ2n) is 4.08. The summed E-state index contributed by atoms with van der Waals surface area (Å²) in [5.74, 6) is -1.39. The van der Waals surface area contributed by atoms with Gasteiger partial charge in [0, 0.05) is 12.0 Å². The number of carbonyl (C=O) groups is 1. The number of amides is 1. The maximum atomic E-state index is 13.2. The number of carbonyl (C=O) groups excluding carboxylic acids is 1. The summed E-state index contributed by atoms with van der Waals surface area (Å²) in [5, 5.41) is 15.6. The van der Waals surface area contributed by atoms with E-state index in [2.05, 4.69) is 17.1 Å². The van der Waals surface area contributed by atoms with Gasteiger partial charge in [-0.05, 0) is 24.3 Å². The molecule has 0 saturated carbocycles. The Labute approximate surface area is 109 Å². The second kappa shape index (κ2) is 5.51. The zero-order valence-corrected chi connectivity index (χ0v) is 10.1. The molecular weight excluding hydrogens is 251 g/mol. The van der Waals surface area contributed by atoms with Crippen molar-refractivity contribution in [2.75, 3.05) is 6.54 Å². The molecule has 1 aromatic carbocycles. The molecule has 2 N–H and O–H groups in total. The Morgan fingerprint density at radius 1 is 1.68 bits per heavy atom. The summed E-state index contributed by atoms with van der Waals surface area (Å²) in [4.78, 5) is 16.1. The molecule has 0 aliphatic carbocycles. The molecule has 1 aliphatic heterocycles. The Bertz CT molecular complexity index is 543. The van der Waals surface area contributed by atoms with Crippen LogP contribution in [-0.2, 0) is 9.63 Å². The minimum atomic E-state index is -0.705. The molecule has 1 heterocycles. The Morgan fingerprint density at radius 3 is 3.16 bits per heavy atom. The zero-order valence-electron chi connectivity index (χ0n) is 10.1. The number of oxime groups is 1. The van der Waals surface area contributed by atoms with Crippen LogP contribution in [0.2, 0.25) is 0 Å². The van der Waals surface area contributed by atoms with Crippen molar-refractivity contribution >= 4 is 11.6 Å². The van der Waals surface area contributed by atoms with Gasteiger partial charge in [0.1, 0.15) is 6.10 Å². The van der Waals surface area contributed by atoms with Crippen molar-refractivity contribution < 1.29 is 19.1 Å². The lowest BCUT2D eigenvalue weighted by Crippen LogP contribution is -2.30. The van der Waals surface area contributed by atoms with Gasteiger partial charge in [0.15, 0.2) is 11.6 Å². The van der Waals surface area contributed by atoms with Crippen LogP contribution in [-0.4, -0.2) is 29.4 Å². The average Bonchev–Trinajstić information content (AvgIpc) is 2.88. The normalized spacial score (nSPS) is 17.5. The van der Waals surface area contributed by atoms with Crippen LogP contribution in [0.3, 0.4) is 0 Å². The lowest BCUT2D eigenvalue weighted by atomic mass is 10.0. The quantitative estimate of drug-likeness (QED) is 0.806. The van der Waals surface area contributed by atoms with Gasteiger partial charge in [0.2, 0.25) is 5.91 Å². The van der Waals surface area contributed by atoms with Crippen LogP contribution in [0, 0.1) is 5.82 Å². The Kier molecular flexibility index (Phi) is 3.79. The molecule has 1 atom stereocenters. The van der Waals surface area contributed by atoms with E-state index in [9.17, 15) is 9.18 Å². The van der Waals surface area contributed by atoms with Gasteiger partial charge in [-0.25, -0.2) is 4.39 Å². The largest absolute Gasteiger partial charge is 0.505 e. The Balaban J connectivity index is 1.95. The van der Waals surface area contributed by atoms with Crippen LogP contribution in [0.4, 0.5) is 4.39 Å². The molecule has 0 saturated heterocycles. The lowest BCUT2D eigenvalue weighted by Gasteiger charge is -2.08. The predicted molar refractivity (Wildman–Crippen MR) is 67.3 cm³/mol. The first-order valence-electron chi connectivity index (χ1n) is 5.72. The first kappa shape index (κ1) is 13.1. The summed E-state index contributed by atoms with van der Waals surface area (Å²) < 4.78 is 13.2. The van der Waals surface area contributed by atoms with Crippen LogP contribution >= 0.6 is 0 Å². The summed E-state index contributed by atoms with van der Waals surface area (Å²) >= 11 is 0. The minimum Gasteiger partial charge on any atom is -0.505 e. The molecule has 19 heavy (non-hydrogen) atoms. The standard InChI is InChI=1S/C13H13FN2O3/c1-2-13(18)15-7-9-6-11(16-19-9)8-3-4-12(17)10(14)5-8/h2-5,9,17H,1,6-7H2,(H,15,18). The molecule has 6 heteroatoms. The van der Waals surface area contributed by atoms with Crippen LogP contribution in [0.5, 0.6) is 5.75 Å². The summed E-state index contributed by atoms with van der Waals surface area (Å²) in [7, 11) is 0. The monoisotopic (exact) mass is 264 g/mol.